The van der Waals surface area contributed by atoms with Gasteiger partial charge in [-0.15, -0.1) is 0 Å². The molecule has 2 aromatic rings. The van der Waals surface area contributed by atoms with Crippen molar-refractivity contribution in [3.05, 3.63) is 60.2 Å². The van der Waals surface area contributed by atoms with Crippen molar-refractivity contribution in [3.8, 4) is 11.5 Å². The van der Waals surface area contributed by atoms with E-state index in [1.807, 2.05) is 30.3 Å². The summed E-state index contributed by atoms with van der Waals surface area (Å²) in [4.78, 5) is 26.3. The number of benzene rings is 2. The number of hydrogen-bond acceptors (Lipinski definition) is 5. The highest BCUT2D eigenvalue weighted by atomic mass is 32.2. The van der Waals surface area contributed by atoms with E-state index in [9.17, 15) is 18.0 Å². The molecule has 28 heavy (non-hydrogen) atoms. The lowest BCUT2D eigenvalue weighted by atomic mass is 10.2. The second kappa shape index (κ2) is 8.43. The zero-order chi connectivity index (χ0) is 20.1. The average Bonchev–Trinajstić information content (AvgIpc) is 2.68. The molecule has 7 nitrogen and oxygen atoms in total. The van der Waals surface area contributed by atoms with Crippen LogP contribution < -0.4 is 10.1 Å². The zero-order valence-electron chi connectivity index (χ0n) is 15.5. The molecule has 3 rings (SSSR count). The van der Waals surface area contributed by atoms with Crippen LogP contribution in [0.15, 0.2) is 54.6 Å². The molecule has 0 aromatic heterocycles. The molecular weight excluding hydrogens is 380 g/mol. The van der Waals surface area contributed by atoms with Crippen LogP contribution in [0, 0.1) is 0 Å². The van der Waals surface area contributed by atoms with Gasteiger partial charge in [0.25, 0.3) is 5.91 Å². The molecular formula is C20H22N2O5S. The molecule has 1 heterocycles. The fourth-order valence-electron chi connectivity index (χ4n) is 2.85. The summed E-state index contributed by atoms with van der Waals surface area (Å²) in [6.45, 7) is 1.91. The summed E-state index contributed by atoms with van der Waals surface area (Å²) in [5.74, 6) is 0.554. The van der Waals surface area contributed by atoms with E-state index in [1.54, 1.807) is 31.2 Å². The molecule has 1 saturated heterocycles. The molecule has 2 amide bonds. The quantitative estimate of drug-likeness (QED) is 0.824. The molecule has 8 heteroatoms. The Kier molecular flexibility index (Phi) is 5.99. The van der Waals surface area contributed by atoms with Crippen LogP contribution >= 0.6 is 0 Å². The Morgan fingerprint density at radius 2 is 1.54 bits per heavy atom. The van der Waals surface area contributed by atoms with Crippen LogP contribution in [0.4, 0.5) is 0 Å². The number of sulfone groups is 1. The van der Waals surface area contributed by atoms with E-state index in [4.69, 9.17) is 4.74 Å². The van der Waals surface area contributed by atoms with Crippen LogP contribution in [-0.4, -0.2) is 55.8 Å². The van der Waals surface area contributed by atoms with E-state index < -0.39 is 15.9 Å². The van der Waals surface area contributed by atoms with Gasteiger partial charge in [-0.25, -0.2) is 8.42 Å². The lowest BCUT2D eigenvalue weighted by Gasteiger charge is -2.29. The number of carbonyl (C=O) groups excluding carboxylic acids is 2. The van der Waals surface area contributed by atoms with Crippen molar-refractivity contribution in [2.45, 2.75) is 13.0 Å². The summed E-state index contributed by atoms with van der Waals surface area (Å²) < 4.78 is 28.6. The van der Waals surface area contributed by atoms with Crippen LogP contribution in [-0.2, 0) is 14.6 Å². The Morgan fingerprint density at radius 1 is 0.964 bits per heavy atom. The van der Waals surface area contributed by atoms with Gasteiger partial charge in [0, 0.05) is 18.7 Å². The minimum Gasteiger partial charge on any atom is -0.457 e. The molecule has 2 aromatic carbocycles. The van der Waals surface area contributed by atoms with E-state index >= 15 is 0 Å². The third-order valence-electron chi connectivity index (χ3n) is 4.47. The fourth-order valence-corrected chi connectivity index (χ4v) is 4.05. The van der Waals surface area contributed by atoms with E-state index in [1.165, 1.54) is 4.90 Å². The van der Waals surface area contributed by atoms with Crippen molar-refractivity contribution < 1.29 is 22.7 Å². The molecule has 1 N–H and O–H groups in total. The molecule has 0 spiro atoms. The normalized spacial score (nSPS) is 16.8. The van der Waals surface area contributed by atoms with Crippen LogP contribution in [0.2, 0.25) is 0 Å². The second-order valence-electron chi connectivity index (χ2n) is 6.61. The monoisotopic (exact) mass is 402 g/mol. The van der Waals surface area contributed by atoms with Crippen molar-refractivity contribution >= 4 is 21.7 Å². The van der Waals surface area contributed by atoms with Crippen LogP contribution in [0.25, 0.3) is 0 Å². The maximum Gasteiger partial charge on any atom is 0.251 e. The first kappa shape index (κ1) is 19.9. The second-order valence-corrected chi connectivity index (χ2v) is 8.92. The predicted octanol–water partition coefficient (Wildman–Crippen LogP) is 1.85. The standard InChI is InChI=1S/C20H22N2O5S/c1-15(20(24)22-11-13-28(25,26)14-12-22)21-19(23)16-7-9-18(10-8-16)27-17-5-3-2-4-6-17/h2-10,15H,11-14H2,1H3,(H,21,23). The van der Waals surface area contributed by atoms with Crippen LogP contribution in [0.3, 0.4) is 0 Å². The van der Waals surface area contributed by atoms with Gasteiger partial charge in [0.15, 0.2) is 9.84 Å². The van der Waals surface area contributed by atoms with Crippen LogP contribution in [0.5, 0.6) is 11.5 Å². The molecule has 1 unspecified atom stereocenters. The minimum absolute atomic E-state index is 0.0394. The summed E-state index contributed by atoms with van der Waals surface area (Å²) in [6, 6.07) is 15.2. The number of amides is 2. The first-order valence-corrected chi connectivity index (χ1v) is 10.8. The van der Waals surface area contributed by atoms with Gasteiger partial charge < -0.3 is 15.0 Å². The molecule has 148 valence electrons. The summed E-state index contributed by atoms with van der Waals surface area (Å²) in [5, 5.41) is 2.66. The topological polar surface area (TPSA) is 92.8 Å². The molecule has 0 bridgehead atoms. The summed E-state index contributed by atoms with van der Waals surface area (Å²) in [6.07, 6.45) is 0. The summed E-state index contributed by atoms with van der Waals surface area (Å²) in [5.41, 5.74) is 0.404. The van der Waals surface area contributed by atoms with Crippen molar-refractivity contribution in [1.29, 1.82) is 0 Å². The van der Waals surface area contributed by atoms with Crippen molar-refractivity contribution in [3.63, 3.8) is 0 Å². The number of nitrogens with zero attached hydrogens (tertiary/aromatic N) is 1. The van der Waals surface area contributed by atoms with Crippen LogP contribution in [0.1, 0.15) is 17.3 Å². The first-order valence-electron chi connectivity index (χ1n) is 8.97. The third-order valence-corrected chi connectivity index (χ3v) is 6.08. The molecule has 1 fully saturated rings. The average molecular weight is 402 g/mol. The fraction of sp³-hybridized carbons (Fsp3) is 0.300. The van der Waals surface area contributed by atoms with E-state index in [0.717, 1.165) is 0 Å². The van der Waals surface area contributed by atoms with Gasteiger partial charge in [-0.3, -0.25) is 9.59 Å². The highest BCUT2D eigenvalue weighted by Gasteiger charge is 2.28. The van der Waals surface area contributed by atoms with Crippen molar-refractivity contribution in [2.24, 2.45) is 0 Å². The Morgan fingerprint density at radius 3 is 2.14 bits per heavy atom. The summed E-state index contributed by atoms with van der Waals surface area (Å²) >= 11 is 0. The van der Waals surface area contributed by atoms with E-state index in [2.05, 4.69) is 5.32 Å². The lowest BCUT2D eigenvalue weighted by molar-refractivity contribution is -0.132. The number of hydrogen-bond donors (Lipinski definition) is 1. The predicted molar refractivity (Wildman–Crippen MR) is 105 cm³/mol. The maximum atomic E-state index is 12.4. The van der Waals surface area contributed by atoms with Gasteiger partial charge in [0.05, 0.1) is 11.5 Å². The number of ether oxygens (including phenoxy) is 1. The SMILES string of the molecule is CC(NC(=O)c1ccc(Oc2ccccc2)cc1)C(=O)N1CCS(=O)(=O)CC1. The first-order chi connectivity index (χ1) is 13.3. The van der Waals surface area contributed by atoms with E-state index in [-0.39, 0.29) is 36.4 Å². The number of nitrogens with one attached hydrogen (secondary N) is 1. The van der Waals surface area contributed by atoms with Crippen molar-refractivity contribution in [1.82, 2.24) is 10.2 Å². The highest BCUT2D eigenvalue weighted by molar-refractivity contribution is 7.91. The Bertz CT molecular complexity index is 928. The van der Waals surface area contributed by atoms with Gasteiger partial charge in [0.1, 0.15) is 17.5 Å². The largest absolute Gasteiger partial charge is 0.457 e. The highest BCUT2D eigenvalue weighted by Crippen LogP contribution is 2.21. The Labute approximate surface area is 164 Å². The molecule has 0 aliphatic carbocycles. The van der Waals surface area contributed by atoms with Gasteiger partial charge >= 0.3 is 0 Å². The molecule has 1 aliphatic rings. The lowest BCUT2D eigenvalue weighted by Crippen LogP contribution is -2.51. The van der Waals surface area contributed by atoms with Gasteiger partial charge in [-0.05, 0) is 43.3 Å². The zero-order valence-corrected chi connectivity index (χ0v) is 16.3. The van der Waals surface area contributed by atoms with Gasteiger partial charge in [-0.2, -0.15) is 0 Å². The number of para-hydroxylation sites is 1. The maximum absolute atomic E-state index is 12.4. The molecule has 0 saturated carbocycles. The molecule has 1 aliphatic heterocycles. The Hall–Kier alpha value is -2.87. The minimum atomic E-state index is -3.06. The number of carbonyl (C=O) groups is 2. The van der Waals surface area contributed by atoms with Crippen molar-refractivity contribution in [2.75, 3.05) is 24.6 Å². The smallest absolute Gasteiger partial charge is 0.251 e. The van der Waals surface area contributed by atoms with Gasteiger partial charge in [0.2, 0.25) is 5.91 Å². The Balaban J connectivity index is 1.56. The van der Waals surface area contributed by atoms with Gasteiger partial charge in [-0.1, -0.05) is 18.2 Å². The summed E-state index contributed by atoms with van der Waals surface area (Å²) in [7, 11) is -3.06. The van der Waals surface area contributed by atoms with E-state index in [0.29, 0.717) is 17.1 Å². The third kappa shape index (κ3) is 5.10. The molecule has 0 radical (unpaired) electrons. The number of rotatable bonds is 5. The molecule has 1 atom stereocenters.